The van der Waals surface area contributed by atoms with Crippen LogP contribution in [0.5, 0.6) is 0 Å². The van der Waals surface area contributed by atoms with Crippen LogP contribution in [0, 0.1) is 18.3 Å². The summed E-state index contributed by atoms with van der Waals surface area (Å²) in [5.74, 6) is 0. The minimum absolute atomic E-state index is 0.746. The fourth-order valence-corrected chi connectivity index (χ4v) is 3.29. The lowest BCUT2D eigenvalue weighted by Crippen LogP contribution is -3.27. The van der Waals surface area contributed by atoms with Crippen LogP contribution in [0.25, 0.3) is 0 Å². The Morgan fingerprint density at radius 2 is 1.22 bits per heavy atom. The molecule has 118 valence electrons. The smallest absolute Gasteiger partial charge is 0.127 e. The van der Waals surface area contributed by atoms with Crippen LogP contribution in [0.1, 0.15) is 22.3 Å². The Bertz CT molecular complexity index is 660. The molecule has 23 heavy (non-hydrogen) atoms. The molecule has 1 fully saturated rings. The van der Waals surface area contributed by atoms with E-state index in [9.17, 15) is 0 Å². The van der Waals surface area contributed by atoms with Gasteiger partial charge in [-0.25, -0.2) is 0 Å². The van der Waals surface area contributed by atoms with Crippen molar-refractivity contribution in [3.05, 3.63) is 70.8 Å². The van der Waals surface area contributed by atoms with Gasteiger partial charge in [0.1, 0.15) is 39.3 Å². The zero-order valence-electron chi connectivity index (χ0n) is 13.8. The van der Waals surface area contributed by atoms with Gasteiger partial charge in [-0.2, -0.15) is 5.26 Å². The summed E-state index contributed by atoms with van der Waals surface area (Å²) in [5, 5.41) is 8.86. The van der Waals surface area contributed by atoms with Crippen molar-refractivity contribution >= 4 is 0 Å². The van der Waals surface area contributed by atoms with E-state index < -0.39 is 0 Å². The quantitative estimate of drug-likeness (QED) is 0.839. The highest BCUT2D eigenvalue weighted by Gasteiger charge is 2.22. The molecule has 0 atom stereocenters. The third kappa shape index (κ3) is 4.41. The molecule has 1 saturated heterocycles. The lowest BCUT2D eigenvalue weighted by molar-refractivity contribution is -1.02. The molecule has 2 aromatic rings. The lowest BCUT2D eigenvalue weighted by Gasteiger charge is -2.29. The number of quaternary nitrogens is 2. The van der Waals surface area contributed by atoms with E-state index in [-0.39, 0.29) is 0 Å². The number of benzene rings is 2. The Morgan fingerprint density at radius 1 is 0.783 bits per heavy atom. The molecule has 0 spiro atoms. The highest BCUT2D eigenvalue weighted by atomic mass is 15.3. The monoisotopic (exact) mass is 307 g/mol. The maximum absolute atomic E-state index is 8.86. The van der Waals surface area contributed by atoms with Gasteiger partial charge >= 0.3 is 0 Å². The van der Waals surface area contributed by atoms with Crippen LogP contribution in [-0.2, 0) is 13.1 Å². The normalized spacial score (nSPS) is 20.9. The summed E-state index contributed by atoms with van der Waals surface area (Å²) >= 11 is 0. The second-order valence-electron chi connectivity index (χ2n) is 6.65. The molecule has 0 amide bonds. The van der Waals surface area contributed by atoms with Crippen molar-refractivity contribution in [2.75, 3.05) is 26.2 Å². The Balaban J connectivity index is 1.48. The zero-order valence-corrected chi connectivity index (χ0v) is 13.8. The van der Waals surface area contributed by atoms with Crippen molar-refractivity contribution in [1.82, 2.24) is 0 Å². The van der Waals surface area contributed by atoms with Crippen LogP contribution in [-0.4, -0.2) is 26.2 Å². The summed E-state index contributed by atoms with van der Waals surface area (Å²) in [6.45, 7) is 9.28. The first-order valence-electron chi connectivity index (χ1n) is 8.44. The molecule has 2 N–H and O–H groups in total. The van der Waals surface area contributed by atoms with E-state index in [1.807, 2.05) is 12.1 Å². The van der Waals surface area contributed by atoms with Gasteiger partial charge in [0.05, 0.1) is 11.6 Å². The Labute approximate surface area is 138 Å². The molecule has 1 aliphatic heterocycles. The first kappa shape index (κ1) is 15.7. The first-order chi connectivity index (χ1) is 11.2. The van der Waals surface area contributed by atoms with E-state index in [1.165, 1.54) is 42.9 Å². The predicted octanol–water partition coefficient (Wildman–Crippen LogP) is 0.350. The lowest BCUT2D eigenvalue weighted by atomic mass is 10.1. The van der Waals surface area contributed by atoms with Crippen LogP contribution < -0.4 is 9.80 Å². The summed E-state index contributed by atoms with van der Waals surface area (Å²) in [7, 11) is 0. The van der Waals surface area contributed by atoms with Crippen molar-refractivity contribution < 1.29 is 9.80 Å². The van der Waals surface area contributed by atoms with Crippen molar-refractivity contribution in [3.63, 3.8) is 0 Å². The number of rotatable bonds is 4. The van der Waals surface area contributed by atoms with E-state index >= 15 is 0 Å². The third-order valence-corrected chi connectivity index (χ3v) is 4.78. The minimum Gasteiger partial charge on any atom is -0.322 e. The molecule has 0 saturated carbocycles. The predicted molar refractivity (Wildman–Crippen MR) is 91.1 cm³/mol. The maximum atomic E-state index is 8.86. The summed E-state index contributed by atoms with van der Waals surface area (Å²) in [5.41, 5.74) is 4.86. The van der Waals surface area contributed by atoms with Crippen LogP contribution in [0.4, 0.5) is 0 Å². The van der Waals surface area contributed by atoms with Gasteiger partial charge in [0.25, 0.3) is 0 Å². The van der Waals surface area contributed by atoms with Crippen LogP contribution in [0.15, 0.2) is 48.5 Å². The molecule has 0 unspecified atom stereocenters. The minimum atomic E-state index is 0.746. The second-order valence-corrected chi connectivity index (χ2v) is 6.65. The first-order valence-corrected chi connectivity index (χ1v) is 8.44. The van der Waals surface area contributed by atoms with Gasteiger partial charge in [-0.3, -0.25) is 0 Å². The Hall–Kier alpha value is -2.15. The number of hydrogen-bond acceptors (Lipinski definition) is 1. The number of piperazine rings is 1. The van der Waals surface area contributed by atoms with Gasteiger partial charge in [0.15, 0.2) is 0 Å². The van der Waals surface area contributed by atoms with E-state index in [0.717, 1.165) is 18.7 Å². The second kappa shape index (κ2) is 7.41. The van der Waals surface area contributed by atoms with Crippen molar-refractivity contribution in [2.45, 2.75) is 20.0 Å². The van der Waals surface area contributed by atoms with E-state index in [4.69, 9.17) is 5.26 Å². The van der Waals surface area contributed by atoms with Crippen molar-refractivity contribution in [1.29, 1.82) is 5.26 Å². The molecule has 0 radical (unpaired) electrons. The molecule has 3 rings (SSSR count). The summed E-state index contributed by atoms with van der Waals surface area (Å²) < 4.78 is 0. The zero-order chi connectivity index (χ0) is 16.1. The molecular formula is C20H25N3+2. The highest BCUT2D eigenvalue weighted by molar-refractivity contribution is 5.31. The van der Waals surface area contributed by atoms with Crippen molar-refractivity contribution in [3.8, 4) is 6.07 Å². The summed E-state index contributed by atoms with van der Waals surface area (Å²) in [6, 6.07) is 19.2. The molecule has 0 aromatic heterocycles. The number of aryl methyl sites for hydroxylation is 1. The van der Waals surface area contributed by atoms with Gasteiger partial charge in [0.2, 0.25) is 0 Å². The number of nitrogens with zero attached hydrogens (tertiary/aromatic N) is 1. The summed E-state index contributed by atoms with van der Waals surface area (Å²) in [4.78, 5) is 3.35. The number of hydrogen-bond donors (Lipinski definition) is 2. The fraction of sp³-hybridized carbons (Fsp3) is 0.350. The van der Waals surface area contributed by atoms with E-state index in [2.05, 4.69) is 49.4 Å². The standard InChI is InChI=1S/C20H23N3/c1-17-2-4-19(5-3-17)15-22-10-12-23(13-11-22)16-20-8-6-18(14-21)7-9-20/h2-9H,10-13,15-16H2,1H3/p+2. The topological polar surface area (TPSA) is 32.7 Å². The largest absolute Gasteiger partial charge is 0.322 e. The molecule has 1 aliphatic rings. The van der Waals surface area contributed by atoms with E-state index in [1.54, 1.807) is 9.80 Å². The Morgan fingerprint density at radius 3 is 1.65 bits per heavy atom. The van der Waals surface area contributed by atoms with Gasteiger partial charge < -0.3 is 9.80 Å². The fourth-order valence-electron chi connectivity index (χ4n) is 3.29. The number of nitriles is 1. The van der Waals surface area contributed by atoms with Crippen LogP contribution in [0.3, 0.4) is 0 Å². The maximum Gasteiger partial charge on any atom is 0.127 e. The third-order valence-electron chi connectivity index (χ3n) is 4.78. The SMILES string of the molecule is Cc1ccc(C[NH+]2CC[NH+](Cc3ccc(C#N)cc3)CC2)cc1. The van der Waals surface area contributed by atoms with Crippen LogP contribution >= 0.6 is 0 Å². The van der Waals surface area contributed by atoms with Gasteiger partial charge in [-0.1, -0.05) is 42.0 Å². The van der Waals surface area contributed by atoms with E-state index in [0.29, 0.717) is 0 Å². The van der Waals surface area contributed by atoms with Gasteiger partial charge in [-0.05, 0) is 19.1 Å². The molecule has 0 aliphatic carbocycles. The summed E-state index contributed by atoms with van der Waals surface area (Å²) in [6.07, 6.45) is 0. The average molecular weight is 307 g/mol. The molecule has 2 aromatic carbocycles. The van der Waals surface area contributed by atoms with Gasteiger partial charge in [-0.15, -0.1) is 0 Å². The Kier molecular flexibility index (Phi) is 5.07. The molecule has 1 heterocycles. The van der Waals surface area contributed by atoms with Crippen molar-refractivity contribution in [2.24, 2.45) is 0 Å². The average Bonchev–Trinajstić information content (AvgIpc) is 2.59. The molecule has 0 bridgehead atoms. The van der Waals surface area contributed by atoms with Crippen LogP contribution in [0.2, 0.25) is 0 Å². The molecular weight excluding hydrogens is 282 g/mol. The molecule has 3 heteroatoms. The number of nitrogens with one attached hydrogen (secondary N) is 2. The van der Waals surface area contributed by atoms with Gasteiger partial charge in [0, 0.05) is 11.1 Å². The molecule has 3 nitrogen and oxygen atoms in total. The highest BCUT2D eigenvalue weighted by Crippen LogP contribution is 2.02.